The van der Waals surface area contributed by atoms with E-state index in [1.54, 1.807) is 30.3 Å². The molecule has 1 N–H and O–H groups in total. The van der Waals surface area contributed by atoms with Crippen LogP contribution in [-0.2, 0) is 37.1 Å². The number of hydrogen-bond acceptors (Lipinski definition) is 6. The normalized spacial score (nSPS) is 23.9. The summed E-state index contributed by atoms with van der Waals surface area (Å²) in [4.78, 5) is 39.8. The second kappa shape index (κ2) is 10.7. The fourth-order valence-corrected chi connectivity index (χ4v) is 4.73. The van der Waals surface area contributed by atoms with E-state index in [9.17, 15) is 19.5 Å². The minimum Gasteiger partial charge on any atom is -0.461 e. The number of ether oxygens (including phenoxy) is 2. The van der Waals surface area contributed by atoms with Crippen LogP contribution in [0.4, 0.5) is 0 Å². The first-order valence-corrected chi connectivity index (χ1v) is 11.6. The highest BCUT2D eigenvalue weighted by Gasteiger charge is 2.57. The summed E-state index contributed by atoms with van der Waals surface area (Å²) in [5.41, 5.74) is 0.472. The van der Waals surface area contributed by atoms with Gasteiger partial charge in [-0.05, 0) is 23.6 Å². The average Bonchev–Trinajstić information content (AvgIpc) is 2.86. The molecule has 1 aliphatic rings. The predicted molar refractivity (Wildman–Crippen MR) is 129 cm³/mol. The summed E-state index contributed by atoms with van der Waals surface area (Å²) in [7, 11) is 0. The molecule has 1 saturated carbocycles. The molecule has 0 aliphatic heterocycles. The minimum atomic E-state index is -1.69. The van der Waals surface area contributed by atoms with Crippen molar-refractivity contribution in [3.8, 4) is 0 Å². The Morgan fingerprint density at radius 2 is 1.26 bits per heavy atom. The molecule has 0 unspecified atom stereocenters. The molecule has 0 spiro atoms. The van der Waals surface area contributed by atoms with Gasteiger partial charge in [-0.2, -0.15) is 0 Å². The van der Waals surface area contributed by atoms with Crippen LogP contribution in [0.3, 0.4) is 0 Å². The zero-order valence-corrected chi connectivity index (χ0v) is 19.5. The average molecular weight is 473 g/mol. The van der Waals surface area contributed by atoms with Gasteiger partial charge in [0.25, 0.3) is 0 Å². The summed E-state index contributed by atoms with van der Waals surface area (Å²) < 4.78 is 11.1. The van der Waals surface area contributed by atoms with Gasteiger partial charge in [0.1, 0.15) is 19.1 Å². The van der Waals surface area contributed by atoms with Crippen LogP contribution in [0.5, 0.6) is 0 Å². The third kappa shape index (κ3) is 5.66. The van der Waals surface area contributed by atoms with E-state index in [0.717, 1.165) is 11.1 Å². The van der Waals surface area contributed by atoms with Gasteiger partial charge in [-0.15, -0.1) is 0 Å². The maximum atomic E-state index is 13.4. The Bertz CT molecular complexity index is 1160. The maximum absolute atomic E-state index is 13.4. The second-order valence-corrected chi connectivity index (χ2v) is 9.08. The zero-order chi connectivity index (χ0) is 24.8. The first-order valence-electron chi connectivity index (χ1n) is 11.6. The molecule has 3 aromatic carbocycles. The van der Waals surface area contributed by atoms with Crippen LogP contribution in [0.25, 0.3) is 0 Å². The molecular formula is C29H28O6. The Morgan fingerprint density at radius 1 is 0.800 bits per heavy atom. The Kier molecular flexibility index (Phi) is 7.42. The first kappa shape index (κ1) is 24.4. The van der Waals surface area contributed by atoms with Crippen LogP contribution in [-0.4, -0.2) is 28.4 Å². The lowest BCUT2D eigenvalue weighted by Gasteiger charge is -2.43. The summed E-state index contributed by atoms with van der Waals surface area (Å²) in [5.74, 6) is -5.16. The van der Waals surface area contributed by atoms with E-state index in [4.69, 9.17) is 9.47 Å². The number of Topliss-reactive ketones (excluding diaryl/α,β-unsaturated/α-hetero) is 1. The van der Waals surface area contributed by atoms with E-state index < -0.39 is 41.1 Å². The molecule has 0 radical (unpaired) electrons. The Morgan fingerprint density at radius 3 is 1.77 bits per heavy atom. The van der Waals surface area contributed by atoms with Crippen molar-refractivity contribution < 1.29 is 29.0 Å². The van der Waals surface area contributed by atoms with Crippen molar-refractivity contribution >= 4 is 17.7 Å². The van der Waals surface area contributed by atoms with E-state index in [-0.39, 0.29) is 19.6 Å². The van der Waals surface area contributed by atoms with Gasteiger partial charge in [0.2, 0.25) is 0 Å². The van der Waals surface area contributed by atoms with Gasteiger partial charge >= 0.3 is 11.9 Å². The van der Waals surface area contributed by atoms with Crippen LogP contribution in [0.15, 0.2) is 91.0 Å². The van der Waals surface area contributed by atoms with E-state index >= 15 is 0 Å². The van der Waals surface area contributed by atoms with Crippen molar-refractivity contribution in [3.05, 3.63) is 108 Å². The predicted octanol–water partition coefficient (Wildman–Crippen LogP) is 4.21. The molecule has 0 amide bonds. The number of rotatable bonds is 7. The van der Waals surface area contributed by atoms with E-state index in [0.29, 0.717) is 5.56 Å². The molecule has 0 aromatic heterocycles. The van der Waals surface area contributed by atoms with E-state index in [1.165, 1.54) is 6.92 Å². The number of aliphatic hydroxyl groups is 1. The smallest absolute Gasteiger partial charge is 0.317 e. The fraction of sp³-hybridized carbons (Fsp3) is 0.276. The van der Waals surface area contributed by atoms with Crippen molar-refractivity contribution in [1.82, 2.24) is 0 Å². The highest BCUT2D eigenvalue weighted by molar-refractivity contribution is 6.02. The lowest BCUT2D eigenvalue weighted by atomic mass is 9.62. The summed E-state index contributed by atoms with van der Waals surface area (Å²) >= 11 is 0. The van der Waals surface area contributed by atoms with E-state index in [2.05, 4.69) is 0 Å². The molecule has 0 heterocycles. The van der Waals surface area contributed by atoms with Crippen LogP contribution in [0.2, 0.25) is 0 Å². The molecule has 6 nitrogen and oxygen atoms in total. The van der Waals surface area contributed by atoms with Gasteiger partial charge in [-0.25, -0.2) is 0 Å². The first-order chi connectivity index (χ1) is 16.9. The molecule has 6 heteroatoms. The lowest BCUT2D eigenvalue weighted by Crippen LogP contribution is -2.55. The van der Waals surface area contributed by atoms with Crippen molar-refractivity contribution in [1.29, 1.82) is 0 Å². The molecule has 1 fully saturated rings. The van der Waals surface area contributed by atoms with Crippen molar-refractivity contribution in [2.24, 2.45) is 11.8 Å². The van der Waals surface area contributed by atoms with E-state index in [1.807, 2.05) is 60.7 Å². The third-order valence-electron chi connectivity index (χ3n) is 6.41. The second-order valence-electron chi connectivity index (χ2n) is 9.08. The topological polar surface area (TPSA) is 89.9 Å². The lowest BCUT2D eigenvalue weighted by molar-refractivity contribution is -0.174. The zero-order valence-electron chi connectivity index (χ0n) is 19.5. The molecule has 0 bridgehead atoms. The van der Waals surface area contributed by atoms with Crippen LogP contribution in [0, 0.1) is 11.8 Å². The maximum Gasteiger partial charge on any atom is 0.317 e. The molecule has 35 heavy (non-hydrogen) atoms. The number of ketones is 1. The number of benzene rings is 3. The van der Waals surface area contributed by atoms with Crippen molar-refractivity contribution in [2.45, 2.75) is 38.1 Å². The quantitative estimate of drug-likeness (QED) is 0.409. The molecule has 180 valence electrons. The van der Waals surface area contributed by atoms with Gasteiger partial charge in [-0.3, -0.25) is 14.4 Å². The number of carbonyl (C=O) groups excluding carboxylic acids is 3. The minimum absolute atomic E-state index is 0.00444. The molecule has 0 saturated heterocycles. The summed E-state index contributed by atoms with van der Waals surface area (Å²) in [6.45, 7) is 1.47. The van der Waals surface area contributed by atoms with Gasteiger partial charge in [-0.1, -0.05) is 91.0 Å². The SMILES string of the molecule is C[C@]1(O)CC(=O)[C@H](C(=O)OCc2ccccc2)[C@@H](c2ccccc2)[C@@H]1C(=O)OCc1ccccc1. The Hall–Kier alpha value is -3.77. The number of carbonyl (C=O) groups is 3. The monoisotopic (exact) mass is 472 g/mol. The molecule has 1 aliphatic carbocycles. The third-order valence-corrected chi connectivity index (χ3v) is 6.41. The van der Waals surface area contributed by atoms with Gasteiger partial charge < -0.3 is 14.6 Å². The Balaban J connectivity index is 1.64. The molecule has 4 atom stereocenters. The summed E-state index contributed by atoms with van der Waals surface area (Å²) in [6, 6.07) is 27.2. The Labute approximate surface area is 204 Å². The van der Waals surface area contributed by atoms with Gasteiger partial charge in [0, 0.05) is 12.3 Å². The fourth-order valence-electron chi connectivity index (χ4n) is 4.73. The number of esters is 2. The van der Waals surface area contributed by atoms with Crippen LogP contribution >= 0.6 is 0 Å². The van der Waals surface area contributed by atoms with Crippen molar-refractivity contribution in [3.63, 3.8) is 0 Å². The number of hydrogen-bond donors (Lipinski definition) is 1. The molecule has 3 aromatic rings. The highest BCUT2D eigenvalue weighted by Crippen LogP contribution is 2.46. The summed E-state index contributed by atoms with van der Waals surface area (Å²) in [6.07, 6.45) is -0.355. The van der Waals surface area contributed by atoms with Crippen LogP contribution in [0.1, 0.15) is 36.0 Å². The van der Waals surface area contributed by atoms with Gasteiger partial charge in [0.05, 0.1) is 11.5 Å². The standard InChI is InChI=1S/C29H28O6/c1-29(33)17-23(30)25(27(31)34-18-20-11-5-2-6-12-20)24(22-15-9-4-10-16-22)26(29)28(32)35-19-21-13-7-3-8-14-21/h2-16,24-26,33H,17-19H2,1H3/t24-,25+,26-,29+/m1/s1. The van der Waals surface area contributed by atoms with Crippen LogP contribution < -0.4 is 0 Å². The van der Waals surface area contributed by atoms with Gasteiger partial charge in [0.15, 0.2) is 5.78 Å². The van der Waals surface area contributed by atoms with Crippen molar-refractivity contribution in [2.75, 3.05) is 0 Å². The summed E-state index contributed by atoms with van der Waals surface area (Å²) in [5, 5.41) is 11.2. The largest absolute Gasteiger partial charge is 0.461 e. The molecular weight excluding hydrogens is 444 g/mol. The highest BCUT2D eigenvalue weighted by atomic mass is 16.5. The molecule has 4 rings (SSSR count).